The number of fused-ring (bicyclic) bond motifs is 1. The second-order valence-electron chi connectivity index (χ2n) is 5.31. The van der Waals surface area contributed by atoms with Gasteiger partial charge in [-0.05, 0) is 31.5 Å². The van der Waals surface area contributed by atoms with Crippen LogP contribution in [-0.4, -0.2) is 25.5 Å². The molecule has 1 aliphatic rings. The highest BCUT2D eigenvalue weighted by molar-refractivity contribution is 7.71. The number of hydrogen-bond acceptors (Lipinski definition) is 2. The molecule has 0 aromatic carbocycles. The van der Waals surface area contributed by atoms with E-state index in [2.05, 4.69) is 10.1 Å². The first-order chi connectivity index (χ1) is 9.32. The standard InChI is InChI=1S/C12H15F3N4S/c1-3-4-7-8-9(18(2)17-7)19(10(20)16-8)11(5-6-11)12(13,14)15/h3-6H2,1-2H3,(H,16,20). The molecule has 0 radical (unpaired) electrons. The Kier molecular flexibility index (Phi) is 2.80. The Balaban J connectivity index is 2.28. The van der Waals surface area contributed by atoms with Gasteiger partial charge in [-0.15, -0.1) is 0 Å². The maximum Gasteiger partial charge on any atom is 0.412 e. The van der Waals surface area contributed by atoms with Gasteiger partial charge >= 0.3 is 6.18 Å². The molecule has 20 heavy (non-hydrogen) atoms. The highest BCUT2D eigenvalue weighted by atomic mass is 32.1. The van der Waals surface area contributed by atoms with Gasteiger partial charge in [-0.1, -0.05) is 13.3 Å². The number of nitrogens with one attached hydrogen (secondary N) is 1. The van der Waals surface area contributed by atoms with E-state index in [9.17, 15) is 13.2 Å². The summed E-state index contributed by atoms with van der Waals surface area (Å²) in [5, 5.41) is 4.32. The first-order valence-corrected chi connectivity index (χ1v) is 6.96. The predicted molar refractivity (Wildman–Crippen MR) is 71.1 cm³/mol. The monoisotopic (exact) mass is 304 g/mol. The van der Waals surface area contributed by atoms with Gasteiger partial charge in [0.1, 0.15) is 11.1 Å². The van der Waals surface area contributed by atoms with Crippen molar-refractivity contribution in [3.63, 3.8) is 0 Å². The number of alkyl halides is 3. The summed E-state index contributed by atoms with van der Waals surface area (Å²) in [4.78, 5) is 2.91. The minimum atomic E-state index is -4.30. The quantitative estimate of drug-likeness (QED) is 0.882. The summed E-state index contributed by atoms with van der Waals surface area (Å²) in [5.74, 6) is 0. The van der Waals surface area contributed by atoms with E-state index in [1.807, 2.05) is 6.92 Å². The summed E-state index contributed by atoms with van der Waals surface area (Å²) in [5.41, 5.74) is -0.00411. The average molecular weight is 304 g/mol. The molecule has 0 spiro atoms. The Morgan fingerprint density at radius 2 is 2.05 bits per heavy atom. The number of imidazole rings is 1. The smallest absolute Gasteiger partial charge is 0.328 e. The maximum absolute atomic E-state index is 13.3. The van der Waals surface area contributed by atoms with Crippen molar-refractivity contribution in [2.24, 2.45) is 7.05 Å². The fourth-order valence-corrected chi connectivity index (χ4v) is 3.14. The Morgan fingerprint density at radius 3 is 2.55 bits per heavy atom. The third-order valence-electron chi connectivity index (χ3n) is 3.90. The lowest BCUT2D eigenvalue weighted by atomic mass is 10.2. The fraction of sp³-hybridized carbons (Fsp3) is 0.667. The normalized spacial score (nSPS) is 17.9. The molecule has 110 valence electrons. The molecule has 0 bridgehead atoms. The number of aryl methyl sites for hydroxylation is 2. The van der Waals surface area contributed by atoms with Crippen molar-refractivity contribution in [3.05, 3.63) is 10.5 Å². The lowest BCUT2D eigenvalue weighted by Crippen LogP contribution is -2.35. The molecule has 3 rings (SSSR count). The van der Waals surface area contributed by atoms with Crippen molar-refractivity contribution in [2.75, 3.05) is 0 Å². The molecule has 0 aliphatic heterocycles. The lowest BCUT2D eigenvalue weighted by Gasteiger charge is -2.21. The third kappa shape index (κ3) is 1.66. The Hall–Kier alpha value is -1.31. The molecular formula is C12H15F3N4S. The summed E-state index contributed by atoms with van der Waals surface area (Å²) < 4.78 is 42.9. The second-order valence-corrected chi connectivity index (χ2v) is 5.70. The number of H-pyrrole nitrogens is 1. The third-order valence-corrected chi connectivity index (χ3v) is 4.19. The number of halogens is 3. The molecule has 1 saturated carbocycles. The fourth-order valence-electron chi connectivity index (χ4n) is 2.77. The Labute approximate surface area is 118 Å². The summed E-state index contributed by atoms with van der Waals surface area (Å²) in [6.07, 6.45) is -2.55. The van der Waals surface area contributed by atoms with Crippen LogP contribution < -0.4 is 0 Å². The van der Waals surface area contributed by atoms with Gasteiger partial charge in [0, 0.05) is 7.05 Å². The van der Waals surface area contributed by atoms with Crippen LogP contribution in [0, 0.1) is 4.77 Å². The lowest BCUT2D eigenvalue weighted by molar-refractivity contribution is -0.179. The molecule has 1 fully saturated rings. The van der Waals surface area contributed by atoms with Gasteiger partial charge in [0.05, 0.1) is 5.69 Å². The summed E-state index contributed by atoms with van der Waals surface area (Å²) in [7, 11) is 1.66. The van der Waals surface area contributed by atoms with Gasteiger partial charge in [0.15, 0.2) is 10.4 Å². The van der Waals surface area contributed by atoms with Crippen LogP contribution in [0.2, 0.25) is 0 Å². The molecule has 2 aromatic rings. The van der Waals surface area contributed by atoms with E-state index in [1.54, 1.807) is 7.05 Å². The largest absolute Gasteiger partial charge is 0.412 e. The average Bonchev–Trinajstić information content (AvgIpc) is 3.00. The highest BCUT2D eigenvalue weighted by Crippen LogP contribution is 2.56. The van der Waals surface area contributed by atoms with E-state index in [0.717, 1.165) is 12.1 Å². The molecule has 0 saturated heterocycles. The minimum Gasteiger partial charge on any atom is -0.328 e. The van der Waals surface area contributed by atoms with Crippen LogP contribution in [0.3, 0.4) is 0 Å². The van der Waals surface area contributed by atoms with Crippen molar-refractivity contribution in [3.8, 4) is 0 Å². The van der Waals surface area contributed by atoms with E-state index in [4.69, 9.17) is 12.2 Å². The summed E-state index contributed by atoms with van der Waals surface area (Å²) in [6, 6.07) is 0. The zero-order chi connectivity index (χ0) is 14.7. The summed E-state index contributed by atoms with van der Waals surface area (Å²) >= 11 is 5.13. The van der Waals surface area contributed by atoms with Gasteiger partial charge < -0.3 is 4.98 Å². The van der Waals surface area contributed by atoms with Gasteiger partial charge in [-0.2, -0.15) is 18.3 Å². The molecule has 1 aliphatic carbocycles. The molecule has 0 amide bonds. The molecular weight excluding hydrogens is 289 g/mol. The van der Waals surface area contributed by atoms with Gasteiger partial charge in [0.25, 0.3) is 0 Å². The first kappa shape index (κ1) is 13.7. The van der Waals surface area contributed by atoms with Gasteiger partial charge in [0.2, 0.25) is 0 Å². The van der Waals surface area contributed by atoms with Crippen molar-refractivity contribution < 1.29 is 13.2 Å². The highest BCUT2D eigenvalue weighted by Gasteiger charge is 2.66. The minimum absolute atomic E-state index is 0.0754. The Bertz CT molecular complexity index is 717. The Morgan fingerprint density at radius 1 is 1.40 bits per heavy atom. The van der Waals surface area contributed by atoms with Crippen LogP contribution in [0.15, 0.2) is 0 Å². The van der Waals surface area contributed by atoms with E-state index in [0.29, 0.717) is 17.6 Å². The first-order valence-electron chi connectivity index (χ1n) is 6.55. The second kappa shape index (κ2) is 4.09. The zero-order valence-electron chi connectivity index (χ0n) is 11.2. The molecule has 8 heteroatoms. The van der Waals surface area contributed by atoms with Crippen LogP contribution in [0.1, 0.15) is 31.9 Å². The molecule has 1 N–H and O–H groups in total. The van der Waals surface area contributed by atoms with Crippen molar-refractivity contribution in [1.29, 1.82) is 0 Å². The van der Waals surface area contributed by atoms with Crippen molar-refractivity contribution in [2.45, 2.75) is 44.3 Å². The SMILES string of the molecule is CCCc1nn(C)c2c1[nH]c(=S)n2C1(C(F)(F)F)CC1. The number of rotatable bonds is 3. The van der Waals surface area contributed by atoms with Gasteiger partial charge in [-0.3, -0.25) is 9.25 Å². The molecule has 0 atom stereocenters. The topological polar surface area (TPSA) is 38.5 Å². The van der Waals surface area contributed by atoms with Crippen LogP contribution in [-0.2, 0) is 19.0 Å². The molecule has 0 unspecified atom stereocenters. The number of aromatic amines is 1. The van der Waals surface area contributed by atoms with Crippen LogP contribution >= 0.6 is 12.2 Å². The molecule has 2 aromatic heterocycles. The number of aromatic nitrogens is 4. The molecule has 4 nitrogen and oxygen atoms in total. The predicted octanol–water partition coefficient (Wildman–Crippen LogP) is 3.44. The van der Waals surface area contributed by atoms with E-state index in [1.165, 1.54) is 9.25 Å². The van der Waals surface area contributed by atoms with Crippen LogP contribution in [0.5, 0.6) is 0 Å². The van der Waals surface area contributed by atoms with Crippen molar-refractivity contribution >= 4 is 23.4 Å². The van der Waals surface area contributed by atoms with E-state index >= 15 is 0 Å². The van der Waals surface area contributed by atoms with Gasteiger partial charge in [-0.25, -0.2) is 0 Å². The molecule has 2 heterocycles. The van der Waals surface area contributed by atoms with Crippen LogP contribution in [0.4, 0.5) is 13.2 Å². The summed E-state index contributed by atoms with van der Waals surface area (Å²) in [6.45, 7) is 2.00. The van der Waals surface area contributed by atoms with Crippen molar-refractivity contribution in [1.82, 2.24) is 19.3 Å². The maximum atomic E-state index is 13.3. The zero-order valence-corrected chi connectivity index (χ0v) is 12.0. The number of hydrogen-bond donors (Lipinski definition) is 1. The van der Waals surface area contributed by atoms with E-state index < -0.39 is 11.7 Å². The van der Waals surface area contributed by atoms with E-state index in [-0.39, 0.29) is 17.6 Å². The van der Waals surface area contributed by atoms with Crippen LogP contribution in [0.25, 0.3) is 11.2 Å². The number of nitrogens with zero attached hydrogens (tertiary/aromatic N) is 3.